The average molecular weight is 310 g/mol. The number of hydrogen-bond donors (Lipinski definition) is 1. The van der Waals surface area contributed by atoms with Gasteiger partial charge in [-0.05, 0) is 55.9 Å². The second-order valence-corrected chi connectivity index (χ2v) is 6.47. The number of halogens is 1. The highest BCUT2D eigenvalue weighted by molar-refractivity contribution is 6.32. The molecule has 3 nitrogen and oxygen atoms in total. The van der Waals surface area contributed by atoms with Crippen LogP contribution < -0.4 is 10.1 Å². The van der Waals surface area contributed by atoms with Crippen LogP contribution in [-0.2, 0) is 4.79 Å². The zero-order valence-electron chi connectivity index (χ0n) is 13.0. The minimum absolute atomic E-state index is 0.0426. The average Bonchev–Trinajstić information content (AvgIpc) is 2.45. The van der Waals surface area contributed by atoms with Gasteiger partial charge in [0.1, 0.15) is 5.75 Å². The van der Waals surface area contributed by atoms with E-state index in [9.17, 15) is 4.79 Å². The SMILES string of the molecule is Cc1cc(OCC(=O)N[C@H]2CCCC[C@@H]2C)cc(C)c1Cl. The molecule has 0 bridgehead atoms. The van der Waals surface area contributed by atoms with Crippen LogP contribution in [0.25, 0.3) is 0 Å². The first-order chi connectivity index (χ1) is 9.97. The summed E-state index contributed by atoms with van der Waals surface area (Å²) in [5.41, 5.74) is 1.93. The zero-order chi connectivity index (χ0) is 15.4. The fourth-order valence-electron chi connectivity index (χ4n) is 2.92. The molecule has 0 heterocycles. The van der Waals surface area contributed by atoms with Crippen LogP contribution in [0.2, 0.25) is 5.02 Å². The van der Waals surface area contributed by atoms with Crippen LogP contribution in [0.5, 0.6) is 5.75 Å². The van der Waals surface area contributed by atoms with Crippen LogP contribution in [-0.4, -0.2) is 18.6 Å². The van der Waals surface area contributed by atoms with E-state index in [1.165, 1.54) is 19.3 Å². The molecule has 0 unspecified atom stereocenters. The minimum atomic E-state index is -0.0426. The molecule has 1 amide bonds. The van der Waals surface area contributed by atoms with Crippen molar-refractivity contribution in [1.29, 1.82) is 0 Å². The molecule has 0 spiro atoms. The molecule has 2 atom stereocenters. The summed E-state index contributed by atoms with van der Waals surface area (Å²) in [4.78, 5) is 12.0. The third kappa shape index (κ3) is 4.37. The molecule has 0 aromatic heterocycles. The Kier molecular flexibility index (Phi) is 5.51. The summed E-state index contributed by atoms with van der Waals surface area (Å²) in [6.45, 7) is 6.14. The molecule has 1 aromatic carbocycles. The van der Waals surface area contributed by atoms with Gasteiger partial charge in [-0.1, -0.05) is 31.4 Å². The van der Waals surface area contributed by atoms with E-state index in [1.807, 2.05) is 26.0 Å². The number of hydrogen-bond acceptors (Lipinski definition) is 2. The van der Waals surface area contributed by atoms with Gasteiger partial charge in [0, 0.05) is 11.1 Å². The van der Waals surface area contributed by atoms with Gasteiger partial charge in [0.2, 0.25) is 0 Å². The number of carbonyl (C=O) groups excluding carboxylic acids is 1. The Balaban J connectivity index is 1.86. The molecule has 1 saturated carbocycles. The van der Waals surface area contributed by atoms with Crippen molar-refractivity contribution in [3.05, 3.63) is 28.3 Å². The van der Waals surface area contributed by atoms with Crippen LogP contribution >= 0.6 is 11.6 Å². The molecule has 2 rings (SSSR count). The van der Waals surface area contributed by atoms with Crippen molar-refractivity contribution in [3.63, 3.8) is 0 Å². The van der Waals surface area contributed by atoms with Crippen LogP contribution in [0, 0.1) is 19.8 Å². The molecule has 0 radical (unpaired) electrons. The number of benzene rings is 1. The van der Waals surface area contributed by atoms with E-state index < -0.39 is 0 Å². The first-order valence-corrected chi connectivity index (χ1v) is 8.04. The van der Waals surface area contributed by atoms with Gasteiger partial charge >= 0.3 is 0 Å². The maximum Gasteiger partial charge on any atom is 0.258 e. The summed E-state index contributed by atoms with van der Waals surface area (Å²) in [6, 6.07) is 4.03. The fraction of sp³-hybridized carbons (Fsp3) is 0.588. The van der Waals surface area contributed by atoms with E-state index >= 15 is 0 Å². The molecule has 116 valence electrons. The predicted molar refractivity (Wildman–Crippen MR) is 86.0 cm³/mol. The molecule has 1 fully saturated rings. The first-order valence-electron chi connectivity index (χ1n) is 7.66. The molecule has 1 aliphatic carbocycles. The van der Waals surface area contributed by atoms with Crippen LogP contribution in [0.3, 0.4) is 0 Å². The summed E-state index contributed by atoms with van der Waals surface area (Å²) in [5.74, 6) is 1.21. The van der Waals surface area contributed by atoms with E-state index in [-0.39, 0.29) is 12.5 Å². The van der Waals surface area contributed by atoms with E-state index in [4.69, 9.17) is 16.3 Å². The lowest BCUT2D eigenvalue weighted by Crippen LogP contribution is -2.43. The monoisotopic (exact) mass is 309 g/mol. The minimum Gasteiger partial charge on any atom is -0.484 e. The lowest BCUT2D eigenvalue weighted by Gasteiger charge is -2.29. The van der Waals surface area contributed by atoms with Crippen LogP contribution in [0.15, 0.2) is 12.1 Å². The summed E-state index contributed by atoms with van der Waals surface area (Å²) >= 11 is 6.12. The van der Waals surface area contributed by atoms with Gasteiger partial charge in [0.25, 0.3) is 5.91 Å². The summed E-state index contributed by atoms with van der Waals surface area (Å²) in [5, 5.41) is 3.84. The normalized spacial score (nSPS) is 21.9. The van der Waals surface area contributed by atoms with Crippen molar-refractivity contribution in [2.45, 2.75) is 52.5 Å². The molecular formula is C17H24ClNO2. The second kappa shape index (κ2) is 7.17. The first kappa shape index (κ1) is 16.2. The van der Waals surface area contributed by atoms with Gasteiger partial charge in [-0.3, -0.25) is 4.79 Å². The quantitative estimate of drug-likeness (QED) is 0.912. The van der Waals surface area contributed by atoms with E-state index in [0.717, 1.165) is 22.6 Å². The Bertz CT molecular complexity index is 493. The highest BCUT2D eigenvalue weighted by Crippen LogP contribution is 2.26. The molecule has 0 saturated heterocycles. The highest BCUT2D eigenvalue weighted by atomic mass is 35.5. The number of ether oxygens (including phenoxy) is 1. The van der Waals surface area contributed by atoms with Gasteiger partial charge in [-0.2, -0.15) is 0 Å². The Morgan fingerprint density at radius 2 is 1.90 bits per heavy atom. The number of amides is 1. The molecule has 0 aliphatic heterocycles. The predicted octanol–water partition coefficient (Wildman–Crippen LogP) is 4.03. The van der Waals surface area contributed by atoms with Gasteiger partial charge < -0.3 is 10.1 Å². The fourth-order valence-corrected chi connectivity index (χ4v) is 3.03. The molecule has 21 heavy (non-hydrogen) atoms. The van der Waals surface area contributed by atoms with Crippen molar-refractivity contribution in [3.8, 4) is 5.75 Å². The Hall–Kier alpha value is -1.22. The van der Waals surface area contributed by atoms with Gasteiger partial charge in [-0.25, -0.2) is 0 Å². The molecule has 1 aromatic rings. The lowest BCUT2D eigenvalue weighted by molar-refractivity contribution is -0.124. The van der Waals surface area contributed by atoms with Crippen molar-refractivity contribution in [2.75, 3.05) is 6.61 Å². The number of carbonyl (C=O) groups is 1. The Morgan fingerprint density at radius 3 is 2.52 bits per heavy atom. The van der Waals surface area contributed by atoms with E-state index in [1.54, 1.807) is 0 Å². The zero-order valence-corrected chi connectivity index (χ0v) is 13.8. The Labute approximate surface area is 132 Å². The lowest BCUT2D eigenvalue weighted by atomic mass is 9.86. The van der Waals surface area contributed by atoms with Crippen LogP contribution in [0.1, 0.15) is 43.7 Å². The smallest absolute Gasteiger partial charge is 0.258 e. The standard InChI is InChI=1S/C17H24ClNO2/c1-11-6-4-5-7-15(11)19-16(20)10-21-14-8-12(2)17(18)13(3)9-14/h8-9,11,15H,4-7,10H2,1-3H3,(H,19,20)/t11-,15-/m0/s1. The molecule has 1 N–H and O–H groups in total. The molecule has 4 heteroatoms. The third-order valence-corrected chi connectivity index (χ3v) is 4.83. The number of rotatable bonds is 4. The van der Waals surface area contributed by atoms with Crippen molar-refractivity contribution in [2.24, 2.45) is 5.92 Å². The second-order valence-electron chi connectivity index (χ2n) is 6.10. The van der Waals surface area contributed by atoms with E-state index in [2.05, 4.69) is 12.2 Å². The highest BCUT2D eigenvalue weighted by Gasteiger charge is 2.22. The van der Waals surface area contributed by atoms with Crippen molar-refractivity contribution >= 4 is 17.5 Å². The maximum absolute atomic E-state index is 12.0. The summed E-state index contributed by atoms with van der Waals surface area (Å²) in [7, 11) is 0. The van der Waals surface area contributed by atoms with E-state index in [0.29, 0.717) is 17.7 Å². The summed E-state index contributed by atoms with van der Waals surface area (Å²) in [6.07, 6.45) is 4.74. The number of nitrogens with one attached hydrogen (secondary N) is 1. The summed E-state index contributed by atoms with van der Waals surface area (Å²) < 4.78 is 5.59. The van der Waals surface area contributed by atoms with Gasteiger partial charge in [0.15, 0.2) is 6.61 Å². The van der Waals surface area contributed by atoms with Crippen molar-refractivity contribution in [1.82, 2.24) is 5.32 Å². The van der Waals surface area contributed by atoms with Crippen molar-refractivity contribution < 1.29 is 9.53 Å². The molecular weight excluding hydrogens is 286 g/mol. The molecule has 1 aliphatic rings. The maximum atomic E-state index is 12.0. The van der Waals surface area contributed by atoms with Crippen LogP contribution in [0.4, 0.5) is 0 Å². The largest absolute Gasteiger partial charge is 0.484 e. The third-order valence-electron chi connectivity index (χ3n) is 4.24. The Morgan fingerprint density at radius 1 is 1.29 bits per heavy atom. The van der Waals surface area contributed by atoms with Gasteiger partial charge in [-0.15, -0.1) is 0 Å². The van der Waals surface area contributed by atoms with Gasteiger partial charge in [0.05, 0.1) is 0 Å². The number of aryl methyl sites for hydroxylation is 2. The topological polar surface area (TPSA) is 38.3 Å².